The molecule has 3 nitrogen and oxygen atoms in total. The summed E-state index contributed by atoms with van der Waals surface area (Å²) in [5.74, 6) is 0.270. The Balaban J connectivity index is 3.11. The molecule has 4 heteroatoms. The quantitative estimate of drug-likeness (QED) is 0.789. The minimum Gasteiger partial charge on any atom is -0.354 e. The minimum atomic E-state index is -0.0331. The summed E-state index contributed by atoms with van der Waals surface area (Å²) >= 11 is 1.45. The Morgan fingerprint density at radius 1 is 1.54 bits per heavy atom. The number of aromatic nitrogens is 1. The van der Waals surface area contributed by atoms with Crippen LogP contribution in [0.1, 0.15) is 40.1 Å². The van der Waals surface area contributed by atoms with Gasteiger partial charge in [-0.05, 0) is 12.8 Å². The van der Waals surface area contributed by atoms with E-state index in [0.717, 1.165) is 15.6 Å². The van der Waals surface area contributed by atoms with Gasteiger partial charge in [0.25, 0.3) is 5.91 Å². The summed E-state index contributed by atoms with van der Waals surface area (Å²) in [4.78, 5) is 16.5. The standard InChI is InChI=1S/C9H14N2OS/c1-5(2)7-8(9(12)10-4)13-6(3)11-7/h5H,1-4H3,(H,10,12). The van der Waals surface area contributed by atoms with E-state index in [1.165, 1.54) is 11.3 Å². The van der Waals surface area contributed by atoms with Gasteiger partial charge in [-0.3, -0.25) is 4.79 Å². The van der Waals surface area contributed by atoms with Crippen LogP contribution in [-0.2, 0) is 0 Å². The number of carbonyl (C=O) groups excluding carboxylic acids is 1. The van der Waals surface area contributed by atoms with Crippen molar-refractivity contribution in [3.05, 3.63) is 15.6 Å². The van der Waals surface area contributed by atoms with Crippen molar-refractivity contribution >= 4 is 17.2 Å². The number of amides is 1. The van der Waals surface area contributed by atoms with E-state index in [9.17, 15) is 4.79 Å². The van der Waals surface area contributed by atoms with Crippen LogP contribution < -0.4 is 5.32 Å². The van der Waals surface area contributed by atoms with Crippen molar-refractivity contribution in [1.82, 2.24) is 10.3 Å². The van der Waals surface area contributed by atoms with Gasteiger partial charge in [0.15, 0.2) is 0 Å². The van der Waals surface area contributed by atoms with Crippen LogP contribution in [0.15, 0.2) is 0 Å². The lowest BCUT2D eigenvalue weighted by atomic mass is 10.1. The highest BCUT2D eigenvalue weighted by Crippen LogP contribution is 2.24. The lowest BCUT2D eigenvalue weighted by Crippen LogP contribution is -2.18. The Bertz CT molecular complexity index is 317. The molecule has 0 atom stereocenters. The van der Waals surface area contributed by atoms with Gasteiger partial charge in [0.05, 0.1) is 10.7 Å². The molecule has 72 valence electrons. The van der Waals surface area contributed by atoms with E-state index >= 15 is 0 Å². The zero-order valence-corrected chi connectivity index (χ0v) is 9.16. The van der Waals surface area contributed by atoms with E-state index < -0.39 is 0 Å². The molecule has 0 aliphatic heterocycles. The first-order valence-corrected chi connectivity index (χ1v) is 5.07. The number of carbonyl (C=O) groups is 1. The van der Waals surface area contributed by atoms with Gasteiger partial charge in [-0.25, -0.2) is 4.98 Å². The molecule has 0 aromatic carbocycles. The summed E-state index contributed by atoms with van der Waals surface area (Å²) in [5.41, 5.74) is 0.904. The number of thiazole rings is 1. The Morgan fingerprint density at radius 2 is 2.15 bits per heavy atom. The van der Waals surface area contributed by atoms with Crippen LogP contribution in [0.4, 0.5) is 0 Å². The number of aryl methyl sites for hydroxylation is 1. The molecular formula is C9H14N2OS. The average Bonchev–Trinajstić information content (AvgIpc) is 2.46. The van der Waals surface area contributed by atoms with Crippen LogP contribution in [0.2, 0.25) is 0 Å². The smallest absolute Gasteiger partial charge is 0.263 e. The molecule has 13 heavy (non-hydrogen) atoms. The van der Waals surface area contributed by atoms with Crippen LogP contribution >= 0.6 is 11.3 Å². The SMILES string of the molecule is CNC(=O)c1sc(C)nc1C(C)C. The highest BCUT2D eigenvalue weighted by Gasteiger charge is 2.17. The Hall–Kier alpha value is -0.900. The van der Waals surface area contributed by atoms with Crippen LogP contribution in [0.25, 0.3) is 0 Å². The second-order valence-electron chi connectivity index (χ2n) is 3.18. The first-order chi connectivity index (χ1) is 6.06. The average molecular weight is 198 g/mol. The molecule has 0 saturated heterocycles. The number of nitrogens with one attached hydrogen (secondary N) is 1. The molecule has 0 saturated carbocycles. The predicted octanol–water partition coefficient (Wildman–Crippen LogP) is 1.93. The fraction of sp³-hybridized carbons (Fsp3) is 0.556. The second-order valence-corrected chi connectivity index (χ2v) is 4.38. The molecule has 0 aliphatic rings. The van der Waals surface area contributed by atoms with Crippen molar-refractivity contribution in [2.24, 2.45) is 0 Å². The molecule has 1 amide bonds. The molecule has 1 aromatic heterocycles. The Labute approximate surface area is 82.2 Å². The van der Waals surface area contributed by atoms with Crippen LogP contribution in [0, 0.1) is 6.92 Å². The second kappa shape index (κ2) is 3.87. The van der Waals surface area contributed by atoms with Crippen LogP contribution in [-0.4, -0.2) is 17.9 Å². The van der Waals surface area contributed by atoms with Gasteiger partial charge in [-0.1, -0.05) is 13.8 Å². The van der Waals surface area contributed by atoms with Crippen molar-refractivity contribution in [2.75, 3.05) is 7.05 Å². The van der Waals surface area contributed by atoms with Crippen molar-refractivity contribution in [3.63, 3.8) is 0 Å². The molecule has 0 spiro atoms. The van der Waals surface area contributed by atoms with Gasteiger partial charge in [-0.2, -0.15) is 0 Å². The Kier molecular flexibility index (Phi) is 3.03. The summed E-state index contributed by atoms with van der Waals surface area (Å²) < 4.78 is 0. The maximum absolute atomic E-state index is 11.4. The van der Waals surface area contributed by atoms with Gasteiger partial charge in [0.2, 0.25) is 0 Å². The van der Waals surface area contributed by atoms with Crippen molar-refractivity contribution in [3.8, 4) is 0 Å². The molecule has 0 bridgehead atoms. The molecule has 0 fully saturated rings. The maximum atomic E-state index is 11.4. The van der Waals surface area contributed by atoms with Gasteiger partial charge >= 0.3 is 0 Å². The number of hydrogen-bond donors (Lipinski definition) is 1. The molecule has 1 N–H and O–H groups in total. The fourth-order valence-electron chi connectivity index (χ4n) is 1.11. The predicted molar refractivity (Wildman–Crippen MR) is 54.3 cm³/mol. The molecule has 0 unspecified atom stereocenters. The third kappa shape index (κ3) is 2.06. The maximum Gasteiger partial charge on any atom is 0.263 e. The summed E-state index contributed by atoms with van der Waals surface area (Å²) in [5, 5.41) is 3.57. The van der Waals surface area contributed by atoms with Gasteiger partial charge in [0, 0.05) is 7.05 Å². The first-order valence-electron chi connectivity index (χ1n) is 4.25. The molecule has 0 aliphatic carbocycles. The van der Waals surface area contributed by atoms with Crippen molar-refractivity contribution < 1.29 is 4.79 Å². The monoisotopic (exact) mass is 198 g/mol. The van der Waals surface area contributed by atoms with E-state index in [-0.39, 0.29) is 5.91 Å². The zero-order chi connectivity index (χ0) is 10.0. The lowest BCUT2D eigenvalue weighted by molar-refractivity contribution is 0.0965. The number of rotatable bonds is 2. The lowest BCUT2D eigenvalue weighted by Gasteiger charge is -2.02. The van der Waals surface area contributed by atoms with Gasteiger partial charge in [0.1, 0.15) is 4.88 Å². The minimum absolute atomic E-state index is 0.0331. The highest BCUT2D eigenvalue weighted by atomic mass is 32.1. The van der Waals surface area contributed by atoms with Gasteiger partial charge in [-0.15, -0.1) is 11.3 Å². The highest BCUT2D eigenvalue weighted by molar-refractivity contribution is 7.13. The molecule has 0 radical (unpaired) electrons. The number of hydrogen-bond acceptors (Lipinski definition) is 3. The Morgan fingerprint density at radius 3 is 2.62 bits per heavy atom. The summed E-state index contributed by atoms with van der Waals surface area (Å²) in [7, 11) is 1.64. The summed E-state index contributed by atoms with van der Waals surface area (Å²) in [6, 6.07) is 0. The third-order valence-electron chi connectivity index (χ3n) is 1.74. The van der Waals surface area contributed by atoms with Crippen molar-refractivity contribution in [2.45, 2.75) is 26.7 Å². The fourth-order valence-corrected chi connectivity index (χ4v) is 2.13. The summed E-state index contributed by atoms with van der Waals surface area (Å²) in [6.45, 7) is 6.00. The third-order valence-corrected chi connectivity index (χ3v) is 2.73. The topological polar surface area (TPSA) is 42.0 Å². The number of nitrogens with zero attached hydrogens (tertiary/aromatic N) is 1. The molecule has 1 rings (SSSR count). The molecular weight excluding hydrogens is 184 g/mol. The van der Waals surface area contributed by atoms with E-state index in [2.05, 4.69) is 10.3 Å². The van der Waals surface area contributed by atoms with E-state index in [4.69, 9.17) is 0 Å². The van der Waals surface area contributed by atoms with Crippen LogP contribution in [0.3, 0.4) is 0 Å². The van der Waals surface area contributed by atoms with E-state index in [0.29, 0.717) is 5.92 Å². The van der Waals surface area contributed by atoms with Crippen molar-refractivity contribution in [1.29, 1.82) is 0 Å². The normalized spacial score (nSPS) is 10.5. The van der Waals surface area contributed by atoms with E-state index in [1.54, 1.807) is 7.05 Å². The molecule has 1 aromatic rings. The summed E-state index contributed by atoms with van der Waals surface area (Å²) in [6.07, 6.45) is 0. The van der Waals surface area contributed by atoms with E-state index in [1.807, 2.05) is 20.8 Å². The largest absolute Gasteiger partial charge is 0.354 e. The zero-order valence-electron chi connectivity index (χ0n) is 8.34. The van der Waals surface area contributed by atoms with Crippen LogP contribution in [0.5, 0.6) is 0 Å². The van der Waals surface area contributed by atoms with Gasteiger partial charge < -0.3 is 5.32 Å². The molecule has 1 heterocycles. The first kappa shape index (κ1) is 10.2.